The van der Waals surface area contributed by atoms with E-state index >= 15 is 0 Å². The van der Waals surface area contributed by atoms with E-state index in [9.17, 15) is 9.90 Å². The minimum Gasteiger partial charge on any atom is -0.391 e. The standard InChI is InChI=1S/C16H24N4O2/c1-11-3-5-20(10-11)15-6-12(2-4-18-15)16(22)19-8-13-7-17-9-14(13)21/h2,4,6,11,13-14,17,21H,3,5,7-10H2,1H3,(H,19,22). The topological polar surface area (TPSA) is 77.5 Å². The molecule has 0 radical (unpaired) electrons. The Balaban J connectivity index is 1.60. The molecule has 3 rings (SSSR count). The second kappa shape index (κ2) is 6.62. The van der Waals surface area contributed by atoms with Crippen LogP contribution in [0, 0.1) is 11.8 Å². The highest BCUT2D eigenvalue weighted by molar-refractivity contribution is 5.94. The average Bonchev–Trinajstić information content (AvgIpc) is 3.13. The lowest BCUT2D eigenvalue weighted by Crippen LogP contribution is -2.34. The number of pyridine rings is 1. The molecule has 3 N–H and O–H groups in total. The van der Waals surface area contributed by atoms with Gasteiger partial charge < -0.3 is 20.6 Å². The zero-order chi connectivity index (χ0) is 15.5. The Bertz CT molecular complexity index is 537. The van der Waals surface area contributed by atoms with Gasteiger partial charge in [-0.2, -0.15) is 0 Å². The van der Waals surface area contributed by atoms with E-state index in [2.05, 4.69) is 27.4 Å². The summed E-state index contributed by atoms with van der Waals surface area (Å²) in [6.07, 6.45) is 2.49. The van der Waals surface area contributed by atoms with Crippen LogP contribution >= 0.6 is 0 Å². The SMILES string of the molecule is CC1CCN(c2cc(C(=O)NCC3CNCC3O)ccn2)C1. The summed E-state index contributed by atoms with van der Waals surface area (Å²) >= 11 is 0. The number of aromatic nitrogens is 1. The van der Waals surface area contributed by atoms with Gasteiger partial charge in [-0.1, -0.05) is 6.92 Å². The molecule has 1 aromatic heterocycles. The summed E-state index contributed by atoms with van der Waals surface area (Å²) in [5.41, 5.74) is 0.630. The van der Waals surface area contributed by atoms with Crippen LogP contribution in [0.15, 0.2) is 18.3 Å². The molecule has 0 aromatic carbocycles. The number of carbonyl (C=O) groups excluding carboxylic acids is 1. The molecule has 0 aliphatic carbocycles. The first-order valence-electron chi connectivity index (χ1n) is 8.01. The van der Waals surface area contributed by atoms with E-state index in [0.717, 1.165) is 25.5 Å². The Kier molecular flexibility index (Phi) is 4.59. The zero-order valence-electron chi connectivity index (χ0n) is 13.0. The Morgan fingerprint density at radius 1 is 1.55 bits per heavy atom. The summed E-state index contributed by atoms with van der Waals surface area (Å²) < 4.78 is 0. The van der Waals surface area contributed by atoms with E-state index in [1.165, 1.54) is 6.42 Å². The van der Waals surface area contributed by atoms with Crippen LogP contribution in [-0.4, -0.2) is 54.8 Å². The van der Waals surface area contributed by atoms with E-state index in [4.69, 9.17) is 0 Å². The monoisotopic (exact) mass is 304 g/mol. The van der Waals surface area contributed by atoms with Gasteiger partial charge in [0.2, 0.25) is 0 Å². The smallest absolute Gasteiger partial charge is 0.251 e. The van der Waals surface area contributed by atoms with Crippen LogP contribution < -0.4 is 15.5 Å². The van der Waals surface area contributed by atoms with Gasteiger partial charge in [-0.05, 0) is 24.5 Å². The first-order chi connectivity index (χ1) is 10.6. The number of nitrogens with zero attached hydrogens (tertiary/aromatic N) is 2. The third kappa shape index (κ3) is 3.39. The number of aliphatic hydroxyl groups excluding tert-OH is 1. The van der Waals surface area contributed by atoms with Crippen LogP contribution in [-0.2, 0) is 0 Å². The normalized spacial score (nSPS) is 28.1. The van der Waals surface area contributed by atoms with Crippen molar-refractivity contribution in [2.75, 3.05) is 37.6 Å². The van der Waals surface area contributed by atoms with Crippen molar-refractivity contribution in [3.8, 4) is 0 Å². The van der Waals surface area contributed by atoms with Crippen molar-refractivity contribution >= 4 is 11.7 Å². The molecule has 22 heavy (non-hydrogen) atoms. The molecular formula is C16H24N4O2. The highest BCUT2D eigenvalue weighted by Gasteiger charge is 2.25. The van der Waals surface area contributed by atoms with Gasteiger partial charge in [0, 0.05) is 50.4 Å². The largest absolute Gasteiger partial charge is 0.391 e. The van der Waals surface area contributed by atoms with Gasteiger partial charge in [0.25, 0.3) is 5.91 Å². The van der Waals surface area contributed by atoms with Gasteiger partial charge in [0.15, 0.2) is 0 Å². The number of amides is 1. The molecule has 6 heteroatoms. The predicted molar refractivity (Wildman–Crippen MR) is 84.9 cm³/mol. The number of anilines is 1. The fourth-order valence-corrected chi connectivity index (χ4v) is 3.13. The van der Waals surface area contributed by atoms with Gasteiger partial charge in [0.1, 0.15) is 5.82 Å². The molecule has 0 bridgehead atoms. The highest BCUT2D eigenvalue weighted by Crippen LogP contribution is 2.22. The summed E-state index contributed by atoms with van der Waals surface area (Å²) in [4.78, 5) is 18.9. The minimum absolute atomic E-state index is 0.0877. The Morgan fingerprint density at radius 3 is 3.09 bits per heavy atom. The van der Waals surface area contributed by atoms with E-state index in [1.54, 1.807) is 12.3 Å². The Hall–Kier alpha value is -1.66. The van der Waals surface area contributed by atoms with Crippen LogP contribution in [0.1, 0.15) is 23.7 Å². The second-order valence-corrected chi connectivity index (χ2v) is 6.44. The third-order valence-electron chi connectivity index (χ3n) is 4.58. The number of hydrogen-bond donors (Lipinski definition) is 3. The van der Waals surface area contributed by atoms with Crippen LogP contribution in [0.5, 0.6) is 0 Å². The first kappa shape index (κ1) is 15.2. The van der Waals surface area contributed by atoms with E-state index in [-0.39, 0.29) is 17.9 Å². The van der Waals surface area contributed by atoms with Gasteiger partial charge in [-0.25, -0.2) is 4.98 Å². The maximum Gasteiger partial charge on any atom is 0.251 e. The first-order valence-corrected chi connectivity index (χ1v) is 8.01. The van der Waals surface area contributed by atoms with Gasteiger partial charge in [-0.15, -0.1) is 0 Å². The predicted octanol–water partition coefficient (Wildman–Crippen LogP) is 0.238. The minimum atomic E-state index is -0.376. The lowest BCUT2D eigenvalue weighted by atomic mass is 10.1. The Labute approximate surface area is 130 Å². The van der Waals surface area contributed by atoms with Crippen molar-refractivity contribution in [3.63, 3.8) is 0 Å². The molecule has 6 nitrogen and oxygen atoms in total. The van der Waals surface area contributed by atoms with Crippen molar-refractivity contribution in [3.05, 3.63) is 23.9 Å². The lowest BCUT2D eigenvalue weighted by molar-refractivity contribution is 0.0927. The maximum absolute atomic E-state index is 12.3. The summed E-state index contributed by atoms with van der Waals surface area (Å²) in [5.74, 6) is 1.54. The van der Waals surface area contributed by atoms with E-state index in [1.807, 2.05) is 6.07 Å². The molecule has 1 aromatic rings. The molecular weight excluding hydrogens is 280 g/mol. The number of rotatable bonds is 4. The van der Waals surface area contributed by atoms with Crippen molar-refractivity contribution < 1.29 is 9.90 Å². The highest BCUT2D eigenvalue weighted by atomic mass is 16.3. The van der Waals surface area contributed by atoms with Gasteiger partial charge in [0.05, 0.1) is 6.10 Å². The molecule has 2 aliphatic heterocycles. The van der Waals surface area contributed by atoms with E-state index in [0.29, 0.717) is 24.6 Å². The lowest BCUT2D eigenvalue weighted by Gasteiger charge is -2.18. The molecule has 120 valence electrons. The maximum atomic E-state index is 12.3. The Morgan fingerprint density at radius 2 is 2.41 bits per heavy atom. The third-order valence-corrected chi connectivity index (χ3v) is 4.58. The van der Waals surface area contributed by atoms with Crippen molar-refractivity contribution in [1.29, 1.82) is 0 Å². The zero-order valence-corrected chi connectivity index (χ0v) is 13.0. The van der Waals surface area contributed by atoms with Crippen LogP contribution in [0.4, 0.5) is 5.82 Å². The summed E-state index contributed by atoms with van der Waals surface area (Å²) in [7, 11) is 0. The number of carbonyl (C=O) groups is 1. The quantitative estimate of drug-likeness (QED) is 0.743. The summed E-state index contributed by atoms with van der Waals surface area (Å²) in [6, 6.07) is 3.60. The van der Waals surface area contributed by atoms with Crippen LogP contribution in [0.2, 0.25) is 0 Å². The van der Waals surface area contributed by atoms with Gasteiger partial charge in [-0.3, -0.25) is 4.79 Å². The molecule has 3 atom stereocenters. The number of hydrogen-bond acceptors (Lipinski definition) is 5. The van der Waals surface area contributed by atoms with Crippen molar-refractivity contribution in [2.45, 2.75) is 19.4 Å². The molecule has 3 unspecified atom stereocenters. The molecule has 2 saturated heterocycles. The van der Waals surface area contributed by atoms with Crippen molar-refractivity contribution in [1.82, 2.24) is 15.6 Å². The summed E-state index contributed by atoms with van der Waals surface area (Å²) in [6.45, 7) is 6.07. The molecule has 3 heterocycles. The number of nitrogens with one attached hydrogen (secondary N) is 2. The molecule has 1 amide bonds. The van der Waals surface area contributed by atoms with Crippen LogP contribution in [0.25, 0.3) is 0 Å². The molecule has 0 saturated carbocycles. The number of aliphatic hydroxyl groups is 1. The molecule has 0 spiro atoms. The number of β-amino-alcohol motifs (C(OH)–C–C–N with tert-alkyl or cyclic N) is 1. The van der Waals surface area contributed by atoms with Gasteiger partial charge >= 0.3 is 0 Å². The van der Waals surface area contributed by atoms with E-state index < -0.39 is 0 Å². The average molecular weight is 304 g/mol. The molecule has 2 aliphatic rings. The second-order valence-electron chi connectivity index (χ2n) is 6.44. The van der Waals surface area contributed by atoms with Crippen molar-refractivity contribution in [2.24, 2.45) is 11.8 Å². The summed E-state index contributed by atoms with van der Waals surface area (Å²) in [5, 5.41) is 15.8. The fraction of sp³-hybridized carbons (Fsp3) is 0.625. The van der Waals surface area contributed by atoms with Crippen LogP contribution in [0.3, 0.4) is 0 Å². The molecule has 2 fully saturated rings. The fourth-order valence-electron chi connectivity index (χ4n) is 3.13.